The van der Waals surface area contributed by atoms with Crippen LogP contribution in [0, 0.1) is 0 Å². The van der Waals surface area contributed by atoms with E-state index >= 15 is 0 Å². The lowest BCUT2D eigenvalue weighted by Gasteiger charge is -2.43. The van der Waals surface area contributed by atoms with Crippen molar-refractivity contribution in [1.29, 1.82) is 0 Å². The fourth-order valence-electron chi connectivity index (χ4n) is 4.37. The molecule has 2 aromatic rings. The van der Waals surface area contributed by atoms with E-state index in [1.165, 1.54) is 55.6 Å². The second kappa shape index (κ2) is 10.7. The van der Waals surface area contributed by atoms with Gasteiger partial charge in [0.25, 0.3) is 11.6 Å². The maximum atomic E-state index is 13.9. The van der Waals surface area contributed by atoms with Crippen LogP contribution in [0.3, 0.4) is 0 Å². The monoisotopic (exact) mass is 538 g/mol. The van der Waals surface area contributed by atoms with Crippen LogP contribution in [-0.2, 0) is 29.5 Å². The van der Waals surface area contributed by atoms with Gasteiger partial charge in [-0.3, -0.25) is 24.1 Å². The van der Waals surface area contributed by atoms with Crippen LogP contribution in [0.2, 0.25) is 0 Å². The first kappa shape index (κ1) is 28.5. The summed E-state index contributed by atoms with van der Waals surface area (Å²) in [5, 5.41) is 25.5. The number of urea groups is 1. The number of hydrogen-bond acceptors (Lipinski definition) is 9. The summed E-state index contributed by atoms with van der Waals surface area (Å²) in [5.74, 6) is -2.14. The molecule has 1 unspecified atom stereocenters. The predicted molar refractivity (Wildman–Crippen MR) is 136 cm³/mol. The molecule has 204 valence electrons. The number of anilines is 1. The van der Waals surface area contributed by atoms with Crippen LogP contribution in [-0.4, -0.2) is 68.6 Å². The van der Waals surface area contributed by atoms with Crippen LogP contribution in [0.5, 0.6) is 0 Å². The average Bonchev–Trinajstić information content (AvgIpc) is 3.11. The Labute approximate surface area is 221 Å². The van der Waals surface area contributed by atoms with Gasteiger partial charge in [-0.05, 0) is 37.1 Å². The molecule has 1 fully saturated rings. The number of carbonyl (C=O) groups excluding carboxylic acids is 4. The number of aliphatic carboxylic acids is 2. The van der Waals surface area contributed by atoms with E-state index in [1.54, 1.807) is 12.1 Å². The average molecular weight is 539 g/mol. The Hall–Kier alpha value is -5.11. The summed E-state index contributed by atoms with van der Waals surface area (Å²) >= 11 is 0. The van der Waals surface area contributed by atoms with Crippen molar-refractivity contribution in [2.45, 2.75) is 37.5 Å². The van der Waals surface area contributed by atoms with Gasteiger partial charge in [-0.25, -0.2) is 14.5 Å². The molecular weight excluding hydrogens is 512 g/mol. The number of carboxylic acid groups (broad SMARTS) is 2. The Morgan fingerprint density at radius 1 is 1.10 bits per heavy atom. The van der Waals surface area contributed by atoms with Crippen molar-refractivity contribution in [3.05, 3.63) is 65.7 Å². The molecule has 39 heavy (non-hydrogen) atoms. The third kappa shape index (κ3) is 4.80. The van der Waals surface area contributed by atoms with Crippen molar-refractivity contribution in [2.75, 3.05) is 4.90 Å². The normalized spacial score (nSPS) is 19.3. The van der Waals surface area contributed by atoms with Gasteiger partial charge in [0.2, 0.25) is 5.91 Å². The van der Waals surface area contributed by atoms with Crippen molar-refractivity contribution in [1.82, 2.24) is 10.2 Å². The van der Waals surface area contributed by atoms with Gasteiger partial charge >= 0.3 is 18.0 Å². The van der Waals surface area contributed by atoms with Crippen LogP contribution in [0.1, 0.15) is 31.4 Å². The van der Waals surface area contributed by atoms with Crippen molar-refractivity contribution in [3.63, 3.8) is 0 Å². The molecule has 0 aliphatic carbocycles. The molecule has 0 aromatic heterocycles. The van der Waals surface area contributed by atoms with Gasteiger partial charge in [0, 0.05) is 5.69 Å². The van der Waals surface area contributed by atoms with Crippen molar-refractivity contribution < 1.29 is 39.0 Å². The number of benzene rings is 2. The maximum absolute atomic E-state index is 13.9. The first-order valence-electron chi connectivity index (χ1n) is 11.4. The van der Waals surface area contributed by atoms with Crippen molar-refractivity contribution in [3.8, 4) is 0 Å². The highest BCUT2D eigenvalue weighted by atomic mass is 16.4. The fraction of sp³-hybridized carbons (Fsp3) is 0.240. The summed E-state index contributed by atoms with van der Waals surface area (Å²) in [6.07, 6.45) is 0.411. The van der Waals surface area contributed by atoms with Crippen molar-refractivity contribution in [2.24, 2.45) is 16.7 Å². The molecule has 4 amide bonds. The van der Waals surface area contributed by atoms with Crippen LogP contribution < -0.4 is 21.8 Å². The molecule has 1 heterocycles. The number of imide groups is 1. The van der Waals surface area contributed by atoms with Gasteiger partial charge in [0.1, 0.15) is 5.54 Å². The molecule has 1 aliphatic rings. The zero-order chi connectivity index (χ0) is 29.1. The second-order valence-electron chi connectivity index (χ2n) is 8.84. The summed E-state index contributed by atoms with van der Waals surface area (Å²) in [7, 11) is 0. The number of Topliss-reactive ketones (excluding diaryl/α,β-unsaturated/α-hetero) is 1. The van der Waals surface area contributed by atoms with E-state index in [-0.39, 0.29) is 16.2 Å². The predicted octanol–water partition coefficient (Wildman–Crippen LogP) is -0.0487. The third-order valence-electron chi connectivity index (χ3n) is 6.29. The molecular formula is C25H26N6O8. The van der Waals surface area contributed by atoms with E-state index in [0.717, 1.165) is 6.92 Å². The molecule has 14 nitrogen and oxygen atoms in total. The number of amides is 4. The summed E-state index contributed by atoms with van der Waals surface area (Å²) < 4.78 is 0. The second-order valence-corrected chi connectivity index (χ2v) is 8.84. The Morgan fingerprint density at radius 3 is 2.18 bits per heavy atom. The number of nitrogens with one attached hydrogen (secondary N) is 1. The first-order valence-corrected chi connectivity index (χ1v) is 11.4. The molecule has 0 bridgehead atoms. The van der Waals surface area contributed by atoms with E-state index in [1.807, 2.05) is 0 Å². The zero-order valence-corrected chi connectivity index (χ0v) is 20.9. The topological polar surface area (TPSA) is 226 Å². The summed E-state index contributed by atoms with van der Waals surface area (Å²) in [6.45, 7) is 2.09. The Bertz CT molecular complexity index is 1350. The van der Waals surface area contributed by atoms with E-state index in [4.69, 9.17) is 11.6 Å². The fourth-order valence-corrected chi connectivity index (χ4v) is 4.37. The maximum Gasteiger partial charge on any atom is 0.360 e. The number of rotatable bonds is 10. The number of carbonyl (C=O) groups is 6. The lowest BCUT2D eigenvalue weighted by Crippen LogP contribution is -2.74. The number of hydrogen-bond donors (Lipinski definition) is 5. The van der Waals surface area contributed by atoms with Gasteiger partial charge < -0.3 is 27.1 Å². The molecule has 1 aliphatic heterocycles. The zero-order valence-electron chi connectivity index (χ0n) is 20.9. The smallest absolute Gasteiger partial charge is 0.360 e. The molecule has 3 atom stereocenters. The summed E-state index contributed by atoms with van der Waals surface area (Å²) in [4.78, 5) is 79.0. The van der Waals surface area contributed by atoms with Crippen LogP contribution in [0.4, 0.5) is 10.5 Å². The molecule has 3 rings (SSSR count). The molecule has 0 radical (unpaired) electrons. The molecule has 0 spiro atoms. The van der Waals surface area contributed by atoms with E-state index in [9.17, 15) is 39.0 Å². The third-order valence-corrected chi connectivity index (χ3v) is 6.29. The van der Waals surface area contributed by atoms with Crippen LogP contribution >= 0.6 is 0 Å². The highest BCUT2D eigenvalue weighted by molar-refractivity contribution is 6.24. The number of nitrogens with zero attached hydrogens (tertiary/aromatic N) is 3. The minimum Gasteiger partial charge on any atom is -0.481 e. The van der Waals surface area contributed by atoms with E-state index in [0.29, 0.717) is 10.5 Å². The minimum atomic E-state index is -3.26. The van der Waals surface area contributed by atoms with Gasteiger partial charge in [0.15, 0.2) is 5.78 Å². The summed E-state index contributed by atoms with van der Waals surface area (Å²) in [6, 6.07) is 9.76. The summed E-state index contributed by atoms with van der Waals surface area (Å²) in [5.41, 5.74) is 1.25. The Kier molecular flexibility index (Phi) is 7.81. The highest BCUT2D eigenvalue weighted by Gasteiger charge is 2.66. The van der Waals surface area contributed by atoms with E-state index < -0.39 is 59.2 Å². The standard InChI is InChI=1S/C25H26N6O8/c1-14(32)25(22(37)38,30(17-6-4-3-5-7-17)20(35)18(26)12-19(33)34)31-21(36)24(2,29-23(31)39)16-10-8-15(9-11-16)13-28-27/h3-11,13,18H,12,26-27H2,1-2H3,(H,29,39)(H,33,34)(H,37,38)/t18?,24-,25+/m1/s1. The van der Waals surface area contributed by atoms with Crippen molar-refractivity contribution >= 4 is 47.5 Å². The Balaban J connectivity index is 2.26. The number of hydrazone groups is 1. The molecule has 0 saturated carbocycles. The highest BCUT2D eigenvalue weighted by Crippen LogP contribution is 2.38. The van der Waals surface area contributed by atoms with Crippen LogP contribution in [0.25, 0.3) is 0 Å². The number of ketones is 1. The first-order chi connectivity index (χ1) is 18.3. The van der Waals surface area contributed by atoms with Gasteiger partial charge in [-0.2, -0.15) is 5.10 Å². The SMILES string of the molecule is CC(=O)[C@@](C(=O)O)(N1C(=O)N[C@](C)(c2ccc(C=NN)cc2)C1=O)N(C(=O)C(N)CC(=O)O)c1ccccc1. The number of nitrogens with two attached hydrogens (primary N) is 2. The quantitative estimate of drug-likeness (QED) is 0.0891. The number of carboxylic acids is 2. The van der Waals surface area contributed by atoms with Gasteiger partial charge in [-0.15, -0.1) is 0 Å². The Morgan fingerprint density at radius 2 is 1.69 bits per heavy atom. The van der Waals surface area contributed by atoms with Gasteiger partial charge in [0.05, 0.1) is 18.7 Å². The molecule has 2 aromatic carbocycles. The minimum absolute atomic E-state index is 0.158. The van der Waals surface area contributed by atoms with Gasteiger partial charge in [-0.1, -0.05) is 42.5 Å². The van der Waals surface area contributed by atoms with Crippen LogP contribution in [0.15, 0.2) is 59.7 Å². The lowest BCUT2D eigenvalue weighted by molar-refractivity contribution is -0.162. The lowest BCUT2D eigenvalue weighted by atomic mass is 9.89. The van der Waals surface area contributed by atoms with E-state index in [2.05, 4.69) is 10.4 Å². The largest absolute Gasteiger partial charge is 0.481 e. The molecule has 1 saturated heterocycles. The number of para-hydroxylation sites is 1. The molecule has 7 N–H and O–H groups in total. The molecule has 14 heteroatoms.